The lowest BCUT2D eigenvalue weighted by atomic mass is 9.74. The zero-order valence-electron chi connectivity index (χ0n) is 12.2. The molecule has 0 saturated heterocycles. The van der Waals surface area contributed by atoms with Crippen LogP contribution in [0.25, 0.3) is 0 Å². The minimum Gasteiger partial charge on any atom is -0.337 e. The van der Waals surface area contributed by atoms with Gasteiger partial charge in [-0.1, -0.05) is 24.3 Å². The molecule has 112 valence electrons. The second-order valence-corrected chi connectivity index (χ2v) is 7.98. The van der Waals surface area contributed by atoms with Gasteiger partial charge in [-0.3, -0.25) is 0 Å². The van der Waals surface area contributed by atoms with Gasteiger partial charge in [-0.05, 0) is 63.9 Å². The smallest absolute Gasteiger partial charge is 0.0946 e. The van der Waals surface area contributed by atoms with Crippen molar-refractivity contribution >= 4 is 33.9 Å². The van der Waals surface area contributed by atoms with E-state index in [-0.39, 0.29) is 0 Å². The molecular formula is C18H17IN2S. The fourth-order valence-corrected chi connectivity index (χ4v) is 5.71. The predicted molar refractivity (Wildman–Crippen MR) is 99.4 cm³/mol. The van der Waals surface area contributed by atoms with Gasteiger partial charge in [0.1, 0.15) is 0 Å². The molecule has 0 bridgehead atoms. The number of hydrogen-bond donors (Lipinski definition) is 0. The van der Waals surface area contributed by atoms with Gasteiger partial charge in [-0.2, -0.15) is 0 Å². The van der Waals surface area contributed by atoms with Gasteiger partial charge in [-0.15, -0.1) is 11.3 Å². The van der Waals surface area contributed by atoms with Crippen LogP contribution in [0.15, 0.2) is 54.4 Å². The molecule has 0 radical (unpaired) electrons. The highest BCUT2D eigenvalue weighted by atomic mass is 127. The summed E-state index contributed by atoms with van der Waals surface area (Å²) in [7, 11) is 0. The molecule has 0 saturated carbocycles. The van der Waals surface area contributed by atoms with Crippen molar-refractivity contribution in [2.45, 2.75) is 25.3 Å². The van der Waals surface area contributed by atoms with Crippen LogP contribution in [0, 0.1) is 9.49 Å². The van der Waals surface area contributed by atoms with E-state index in [4.69, 9.17) is 0 Å². The third kappa shape index (κ3) is 2.63. The summed E-state index contributed by atoms with van der Waals surface area (Å²) in [5.41, 5.74) is 3.05. The summed E-state index contributed by atoms with van der Waals surface area (Å²) in [6.45, 7) is 1.05. The van der Waals surface area contributed by atoms with E-state index in [9.17, 15) is 0 Å². The van der Waals surface area contributed by atoms with Gasteiger partial charge in [0, 0.05) is 33.3 Å². The molecule has 2 nitrogen and oxygen atoms in total. The SMILES string of the molecule is Ic1ccsc1C1c2ccccc2CCC1Cn1ccnc1. The average Bonchev–Trinajstić information content (AvgIpc) is 3.19. The maximum Gasteiger partial charge on any atom is 0.0946 e. The van der Waals surface area contributed by atoms with Crippen molar-refractivity contribution in [1.82, 2.24) is 9.55 Å². The maximum absolute atomic E-state index is 4.20. The Balaban J connectivity index is 1.77. The summed E-state index contributed by atoms with van der Waals surface area (Å²) in [4.78, 5) is 5.73. The number of aromatic nitrogens is 2. The molecule has 0 spiro atoms. The Morgan fingerprint density at radius 3 is 2.95 bits per heavy atom. The van der Waals surface area contributed by atoms with E-state index in [0.29, 0.717) is 11.8 Å². The van der Waals surface area contributed by atoms with Crippen LogP contribution in [-0.2, 0) is 13.0 Å². The average molecular weight is 420 g/mol. The quantitative estimate of drug-likeness (QED) is 0.549. The van der Waals surface area contributed by atoms with E-state index < -0.39 is 0 Å². The number of imidazole rings is 1. The molecular weight excluding hydrogens is 403 g/mol. The highest BCUT2D eigenvalue weighted by Crippen LogP contribution is 2.44. The molecule has 2 unspecified atom stereocenters. The first kappa shape index (κ1) is 14.5. The molecule has 2 atom stereocenters. The van der Waals surface area contributed by atoms with Crippen LogP contribution < -0.4 is 0 Å². The van der Waals surface area contributed by atoms with Crippen LogP contribution in [0.1, 0.15) is 28.3 Å². The first-order chi connectivity index (χ1) is 10.8. The summed E-state index contributed by atoms with van der Waals surface area (Å²) in [6.07, 6.45) is 8.33. The van der Waals surface area contributed by atoms with Crippen molar-refractivity contribution in [3.05, 3.63) is 74.0 Å². The number of fused-ring (bicyclic) bond motifs is 1. The molecule has 0 N–H and O–H groups in total. The minimum atomic E-state index is 0.513. The number of hydrogen-bond acceptors (Lipinski definition) is 2. The van der Waals surface area contributed by atoms with Crippen LogP contribution in [0.4, 0.5) is 0 Å². The van der Waals surface area contributed by atoms with Gasteiger partial charge in [0.15, 0.2) is 0 Å². The van der Waals surface area contributed by atoms with E-state index in [1.807, 2.05) is 23.9 Å². The highest BCUT2D eigenvalue weighted by molar-refractivity contribution is 14.1. The Morgan fingerprint density at radius 2 is 2.18 bits per heavy atom. The first-order valence-corrected chi connectivity index (χ1v) is 9.55. The number of rotatable bonds is 3. The lowest BCUT2D eigenvalue weighted by molar-refractivity contribution is 0.358. The Labute approximate surface area is 148 Å². The van der Waals surface area contributed by atoms with Gasteiger partial charge in [0.25, 0.3) is 0 Å². The lowest BCUT2D eigenvalue weighted by Crippen LogP contribution is -2.25. The fraction of sp³-hybridized carbons (Fsp3) is 0.278. The molecule has 3 aromatic rings. The Morgan fingerprint density at radius 1 is 1.27 bits per heavy atom. The van der Waals surface area contributed by atoms with Crippen molar-refractivity contribution in [3.8, 4) is 0 Å². The topological polar surface area (TPSA) is 17.8 Å². The molecule has 22 heavy (non-hydrogen) atoms. The monoisotopic (exact) mass is 420 g/mol. The predicted octanol–water partition coefficient (Wildman–Crippen LogP) is 4.94. The summed E-state index contributed by atoms with van der Waals surface area (Å²) in [5, 5.41) is 2.22. The molecule has 4 rings (SSSR count). The Bertz CT molecular complexity index is 763. The first-order valence-electron chi connectivity index (χ1n) is 7.59. The number of benzene rings is 1. The molecule has 2 aromatic heterocycles. The van der Waals surface area contributed by atoms with Gasteiger partial charge in [0.05, 0.1) is 6.33 Å². The van der Waals surface area contributed by atoms with Crippen LogP contribution >= 0.6 is 33.9 Å². The third-order valence-corrected chi connectivity index (χ3v) is 6.88. The van der Waals surface area contributed by atoms with Gasteiger partial charge in [-0.25, -0.2) is 4.98 Å². The third-order valence-electron chi connectivity index (χ3n) is 4.58. The summed E-state index contributed by atoms with van der Waals surface area (Å²) in [6, 6.07) is 11.2. The number of halogens is 1. The molecule has 0 aliphatic heterocycles. The fourth-order valence-electron chi connectivity index (χ4n) is 3.57. The summed E-state index contributed by atoms with van der Waals surface area (Å²) < 4.78 is 3.63. The van der Waals surface area contributed by atoms with E-state index in [0.717, 1.165) is 6.54 Å². The van der Waals surface area contributed by atoms with Gasteiger partial charge >= 0.3 is 0 Å². The van der Waals surface area contributed by atoms with Crippen molar-refractivity contribution < 1.29 is 0 Å². The standard InChI is InChI=1S/C18H17IN2S/c19-16-7-10-22-18(16)17-14(11-21-9-8-20-12-21)6-5-13-3-1-2-4-15(13)17/h1-4,7-10,12,14,17H,5-6,11H2. The second kappa shape index (κ2) is 6.16. The second-order valence-electron chi connectivity index (χ2n) is 5.87. The van der Waals surface area contributed by atoms with Crippen molar-refractivity contribution in [1.29, 1.82) is 0 Å². The molecule has 1 aliphatic carbocycles. The zero-order valence-corrected chi connectivity index (χ0v) is 15.1. The normalized spacial score (nSPS) is 20.8. The van der Waals surface area contributed by atoms with Crippen molar-refractivity contribution in [2.75, 3.05) is 0 Å². The molecule has 1 aromatic carbocycles. The lowest BCUT2D eigenvalue weighted by Gasteiger charge is -2.33. The summed E-state index contributed by atoms with van der Waals surface area (Å²) in [5.74, 6) is 1.15. The number of thiophene rings is 1. The molecule has 0 fully saturated rings. The number of nitrogens with zero attached hydrogens (tertiary/aromatic N) is 2. The van der Waals surface area contributed by atoms with Crippen LogP contribution in [0.5, 0.6) is 0 Å². The maximum atomic E-state index is 4.20. The number of aryl methyl sites for hydroxylation is 1. The largest absolute Gasteiger partial charge is 0.337 e. The van der Waals surface area contributed by atoms with Crippen LogP contribution in [-0.4, -0.2) is 9.55 Å². The van der Waals surface area contributed by atoms with E-state index >= 15 is 0 Å². The van der Waals surface area contributed by atoms with Crippen LogP contribution in [0.3, 0.4) is 0 Å². The minimum absolute atomic E-state index is 0.513. The molecule has 4 heteroatoms. The van der Waals surface area contributed by atoms with E-state index in [1.165, 1.54) is 32.4 Å². The van der Waals surface area contributed by atoms with E-state index in [1.54, 1.807) is 0 Å². The van der Waals surface area contributed by atoms with Gasteiger partial charge in [0.2, 0.25) is 0 Å². The highest BCUT2D eigenvalue weighted by Gasteiger charge is 2.32. The summed E-state index contributed by atoms with van der Waals surface area (Å²) >= 11 is 4.39. The van der Waals surface area contributed by atoms with Crippen LogP contribution in [0.2, 0.25) is 0 Å². The van der Waals surface area contributed by atoms with Crippen molar-refractivity contribution in [2.24, 2.45) is 5.92 Å². The van der Waals surface area contributed by atoms with E-state index in [2.05, 4.69) is 74.1 Å². The molecule has 0 amide bonds. The zero-order chi connectivity index (χ0) is 14.9. The Kier molecular flexibility index (Phi) is 4.05. The molecule has 1 aliphatic rings. The van der Waals surface area contributed by atoms with Crippen molar-refractivity contribution in [3.63, 3.8) is 0 Å². The Hall–Kier alpha value is -1.14. The van der Waals surface area contributed by atoms with Gasteiger partial charge < -0.3 is 4.57 Å². The molecule has 2 heterocycles.